The predicted molar refractivity (Wildman–Crippen MR) is 138 cm³/mol. The first-order valence-electron chi connectivity index (χ1n) is 13.1. The summed E-state index contributed by atoms with van der Waals surface area (Å²) in [6.45, 7) is 2.31. The van der Waals surface area contributed by atoms with Crippen molar-refractivity contribution in [2.24, 2.45) is 5.92 Å². The number of pyridine rings is 1. The topological polar surface area (TPSA) is 148 Å². The van der Waals surface area contributed by atoms with Gasteiger partial charge in [-0.15, -0.1) is 5.06 Å². The normalized spacial score (nSPS) is 23.3. The second kappa shape index (κ2) is 11.7. The van der Waals surface area contributed by atoms with Gasteiger partial charge in [0.15, 0.2) is 0 Å². The summed E-state index contributed by atoms with van der Waals surface area (Å²) in [5.41, 5.74) is 1.26. The maximum Gasteiger partial charge on any atom is 0.528 e. The molecule has 0 amide bonds. The molecule has 3 heterocycles. The molecule has 38 heavy (non-hydrogen) atoms. The highest BCUT2D eigenvalue weighted by Gasteiger charge is 2.48. The first-order valence-corrected chi connectivity index (χ1v) is 14.9. The number of carbonyl (C=O) groups excluding carboxylic acids is 2. The Bertz CT molecular complexity index is 1120. The van der Waals surface area contributed by atoms with E-state index < -0.39 is 33.8 Å². The van der Waals surface area contributed by atoms with Crippen molar-refractivity contribution in [3.63, 3.8) is 0 Å². The number of nitrogens with one attached hydrogen (secondary N) is 1. The fourth-order valence-electron chi connectivity index (χ4n) is 5.31. The van der Waals surface area contributed by atoms with Crippen molar-refractivity contribution < 1.29 is 37.4 Å². The molecule has 1 aromatic heterocycles. The second-order valence-corrected chi connectivity index (χ2v) is 12.7. The molecule has 4 rings (SSSR count). The number of aliphatic hydroxyl groups is 1. The van der Waals surface area contributed by atoms with Gasteiger partial charge in [0.25, 0.3) is 0 Å². The first-order chi connectivity index (χ1) is 18.0. The van der Waals surface area contributed by atoms with Gasteiger partial charge in [-0.1, -0.05) is 6.07 Å². The summed E-state index contributed by atoms with van der Waals surface area (Å²) in [6.07, 6.45) is 5.35. The molecular formula is C25H38N4O8S. The van der Waals surface area contributed by atoms with Crippen LogP contribution in [0.3, 0.4) is 0 Å². The number of aliphatic hydroxyl groups excluding tert-OH is 1. The number of sulfonamides is 1. The highest BCUT2D eigenvalue weighted by molar-refractivity contribution is 7.88. The first kappa shape index (κ1) is 28.5. The van der Waals surface area contributed by atoms with Crippen LogP contribution < -0.4 is 5.32 Å². The van der Waals surface area contributed by atoms with Crippen LogP contribution in [0.15, 0.2) is 12.1 Å². The summed E-state index contributed by atoms with van der Waals surface area (Å²) in [5.74, 6) is 0.704. The number of rotatable bonds is 11. The molecule has 3 aliphatic rings. The van der Waals surface area contributed by atoms with E-state index in [2.05, 4.69) is 17.4 Å². The maximum atomic E-state index is 12.7. The average Bonchev–Trinajstić information content (AvgIpc) is 2.83. The molecule has 12 nitrogen and oxygen atoms in total. The Kier molecular flexibility index (Phi) is 8.80. The number of nitrogens with zero attached hydrogens (tertiary/aromatic N) is 3. The molecule has 13 heteroatoms. The Labute approximate surface area is 223 Å². The van der Waals surface area contributed by atoms with Crippen LogP contribution in [-0.4, -0.2) is 97.3 Å². The van der Waals surface area contributed by atoms with E-state index in [0.717, 1.165) is 50.0 Å². The molecule has 2 aliphatic heterocycles. The Morgan fingerprint density at radius 3 is 2.71 bits per heavy atom. The molecule has 0 radical (unpaired) electrons. The summed E-state index contributed by atoms with van der Waals surface area (Å²) >= 11 is 0. The molecule has 1 atom stereocenters. The zero-order chi connectivity index (χ0) is 27.5. The van der Waals surface area contributed by atoms with E-state index in [-0.39, 0.29) is 32.2 Å². The van der Waals surface area contributed by atoms with Gasteiger partial charge in [-0.2, -0.15) is 4.31 Å². The summed E-state index contributed by atoms with van der Waals surface area (Å²) in [6, 6.07) is 2.98. The molecule has 1 saturated heterocycles. The van der Waals surface area contributed by atoms with Gasteiger partial charge in [-0.3, -0.25) is 4.79 Å². The summed E-state index contributed by atoms with van der Waals surface area (Å²) in [4.78, 5) is 35.5. The lowest BCUT2D eigenvalue weighted by molar-refractivity contribution is -0.225. The summed E-state index contributed by atoms with van der Waals surface area (Å²) in [7, 11) is -2.14. The summed E-state index contributed by atoms with van der Waals surface area (Å²) in [5, 5.41) is 14.2. The molecule has 0 bridgehead atoms. The number of hydroxylamine groups is 2. The number of esters is 1. The number of ether oxygens (including phenoxy) is 2. The molecule has 0 aromatic carbocycles. The van der Waals surface area contributed by atoms with E-state index in [4.69, 9.17) is 19.3 Å². The van der Waals surface area contributed by atoms with Crippen LogP contribution in [0.1, 0.15) is 50.3 Å². The number of aryl methyl sites for hydroxylation is 2. The third-order valence-electron chi connectivity index (χ3n) is 7.51. The number of fused-ring (bicyclic) bond motifs is 1. The SMILES string of the molecule is COC(=O)[C@H](CCO)N(OC(=O)OC1(C)CN(S(C)(=O)=O)C1)C1CC(CCc2ccc3c(n2)NCCC3)C1. The quantitative estimate of drug-likeness (QED) is 0.303. The lowest BCUT2D eigenvalue weighted by Crippen LogP contribution is -2.63. The Morgan fingerprint density at radius 2 is 2.05 bits per heavy atom. The van der Waals surface area contributed by atoms with Crippen LogP contribution in [-0.2, 0) is 42.0 Å². The van der Waals surface area contributed by atoms with Crippen molar-refractivity contribution in [1.82, 2.24) is 14.4 Å². The van der Waals surface area contributed by atoms with Crippen molar-refractivity contribution in [2.75, 3.05) is 44.9 Å². The van der Waals surface area contributed by atoms with Crippen LogP contribution >= 0.6 is 0 Å². The van der Waals surface area contributed by atoms with Gasteiger partial charge in [-0.05, 0) is 69.4 Å². The minimum Gasteiger partial charge on any atom is -0.468 e. The fourth-order valence-corrected chi connectivity index (χ4v) is 6.32. The molecule has 2 fully saturated rings. The van der Waals surface area contributed by atoms with Gasteiger partial charge in [0.1, 0.15) is 17.5 Å². The average molecular weight is 555 g/mol. The van der Waals surface area contributed by atoms with Crippen LogP contribution in [0, 0.1) is 5.92 Å². The number of aromatic nitrogens is 1. The molecular weight excluding hydrogens is 516 g/mol. The largest absolute Gasteiger partial charge is 0.528 e. The number of anilines is 1. The van der Waals surface area contributed by atoms with Gasteiger partial charge in [0.2, 0.25) is 10.0 Å². The van der Waals surface area contributed by atoms with Crippen molar-refractivity contribution in [2.45, 2.75) is 69.6 Å². The van der Waals surface area contributed by atoms with Gasteiger partial charge in [-0.25, -0.2) is 18.2 Å². The van der Waals surface area contributed by atoms with Crippen molar-refractivity contribution in [3.8, 4) is 0 Å². The van der Waals surface area contributed by atoms with Crippen molar-refractivity contribution in [1.29, 1.82) is 0 Å². The number of carbonyl (C=O) groups is 2. The zero-order valence-electron chi connectivity index (χ0n) is 22.2. The highest BCUT2D eigenvalue weighted by atomic mass is 32.2. The molecule has 0 spiro atoms. The Hall–Kier alpha value is -2.48. The van der Waals surface area contributed by atoms with Crippen LogP contribution in [0.4, 0.5) is 10.6 Å². The molecule has 1 aromatic rings. The fraction of sp³-hybridized carbons (Fsp3) is 0.720. The predicted octanol–water partition coefficient (Wildman–Crippen LogP) is 1.48. The minimum absolute atomic E-state index is 0.0201. The van der Waals surface area contributed by atoms with Gasteiger partial charge < -0.3 is 24.7 Å². The van der Waals surface area contributed by atoms with Crippen molar-refractivity contribution in [3.05, 3.63) is 23.4 Å². The smallest absolute Gasteiger partial charge is 0.468 e. The van der Waals surface area contributed by atoms with Crippen molar-refractivity contribution >= 4 is 28.0 Å². The van der Waals surface area contributed by atoms with E-state index in [1.54, 1.807) is 6.92 Å². The second-order valence-electron chi connectivity index (χ2n) is 10.7. The number of hydrogen-bond acceptors (Lipinski definition) is 11. The standard InChI is InChI=1S/C25H38N4O8S/c1-25(15-28(16-25)38(3,33)34)36-24(32)37-29(21(10-12-30)23(31)35-2)20-13-17(14-20)6-8-19-9-7-18-5-4-11-26-22(18)27-19/h7,9,17,20-21,30H,4-6,8,10-16H2,1-3H3,(H,26,27)/t17?,20?,21-/m0/s1. The Morgan fingerprint density at radius 1 is 1.32 bits per heavy atom. The molecule has 2 N–H and O–H groups in total. The van der Waals surface area contributed by atoms with Crippen LogP contribution in [0.5, 0.6) is 0 Å². The van der Waals surface area contributed by atoms with Crippen LogP contribution in [0.25, 0.3) is 0 Å². The summed E-state index contributed by atoms with van der Waals surface area (Å²) < 4.78 is 34.9. The Balaban J connectivity index is 1.34. The van der Waals surface area contributed by atoms with Gasteiger partial charge >= 0.3 is 12.1 Å². The lowest BCUT2D eigenvalue weighted by Gasteiger charge is -2.46. The molecule has 212 valence electrons. The van der Waals surface area contributed by atoms with E-state index in [1.807, 2.05) is 0 Å². The van der Waals surface area contributed by atoms with Gasteiger partial charge in [0.05, 0.1) is 26.5 Å². The lowest BCUT2D eigenvalue weighted by atomic mass is 9.76. The highest BCUT2D eigenvalue weighted by Crippen LogP contribution is 2.37. The number of hydrogen-bond donors (Lipinski definition) is 2. The number of methoxy groups -OCH3 is 1. The zero-order valence-corrected chi connectivity index (χ0v) is 23.0. The monoisotopic (exact) mass is 554 g/mol. The van der Waals surface area contributed by atoms with Crippen LogP contribution in [0.2, 0.25) is 0 Å². The van der Waals surface area contributed by atoms with E-state index in [9.17, 15) is 23.1 Å². The van der Waals surface area contributed by atoms with Gasteiger partial charge in [0, 0.05) is 24.9 Å². The molecule has 0 unspecified atom stereocenters. The third-order valence-corrected chi connectivity index (χ3v) is 8.71. The van der Waals surface area contributed by atoms with E-state index in [1.165, 1.54) is 22.0 Å². The van der Waals surface area contributed by atoms with E-state index in [0.29, 0.717) is 18.8 Å². The molecule has 1 aliphatic carbocycles. The maximum absolute atomic E-state index is 12.7. The third kappa shape index (κ3) is 6.74. The van der Waals surface area contributed by atoms with E-state index >= 15 is 0 Å². The molecule has 1 saturated carbocycles. The minimum atomic E-state index is -3.38.